The van der Waals surface area contributed by atoms with Crippen LogP contribution in [0.5, 0.6) is 0 Å². The number of ketones is 1. The molecule has 0 aromatic heterocycles. The first-order valence-corrected chi connectivity index (χ1v) is 6.19. The quantitative estimate of drug-likeness (QED) is 0.766. The van der Waals surface area contributed by atoms with Crippen LogP contribution in [0.15, 0.2) is 24.3 Å². The van der Waals surface area contributed by atoms with Crippen molar-refractivity contribution in [1.82, 2.24) is 0 Å². The van der Waals surface area contributed by atoms with E-state index < -0.39 is 0 Å². The van der Waals surface area contributed by atoms with Crippen molar-refractivity contribution in [2.75, 3.05) is 18.0 Å². The van der Waals surface area contributed by atoms with E-state index in [2.05, 4.69) is 11.0 Å². The van der Waals surface area contributed by atoms with Crippen LogP contribution in [0.25, 0.3) is 0 Å². The van der Waals surface area contributed by atoms with Crippen molar-refractivity contribution in [3.8, 4) is 0 Å². The van der Waals surface area contributed by atoms with Gasteiger partial charge in [0.15, 0.2) is 5.78 Å². The fourth-order valence-corrected chi connectivity index (χ4v) is 2.23. The molecule has 0 spiro atoms. The molecule has 0 amide bonds. The van der Waals surface area contributed by atoms with Crippen LogP contribution < -0.4 is 4.90 Å². The van der Waals surface area contributed by atoms with Gasteiger partial charge in [0.25, 0.3) is 0 Å². The van der Waals surface area contributed by atoms with Crippen LogP contribution in [0.2, 0.25) is 0 Å². The van der Waals surface area contributed by atoms with Gasteiger partial charge in [-0.3, -0.25) is 4.79 Å². The molecule has 0 bridgehead atoms. The molecule has 1 aliphatic rings. The molecule has 1 heterocycles. The summed E-state index contributed by atoms with van der Waals surface area (Å²) in [4.78, 5) is 14.0. The second kappa shape index (κ2) is 6.65. The lowest BCUT2D eigenvalue weighted by atomic mass is 10.1. The lowest BCUT2D eigenvalue weighted by molar-refractivity contribution is 0.0988. The van der Waals surface area contributed by atoms with Gasteiger partial charge in [-0.15, -0.1) is 12.4 Å². The van der Waals surface area contributed by atoms with Crippen LogP contribution in [-0.2, 0) is 0 Å². The summed E-state index contributed by atoms with van der Waals surface area (Å²) in [5.41, 5.74) is 2.06. The number of nitrogens with zero attached hydrogens (tertiary/aromatic N) is 1. The SMILES string of the molecule is CCC(=O)c1cccc(N2CCCCC2)c1.Cl. The van der Waals surface area contributed by atoms with Crippen molar-refractivity contribution >= 4 is 23.9 Å². The van der Waals surface area contributed by atoms with Crippen molar-refractivity contribution in [2.24, 2.45) is 0 Å². The van der Waals surface area contributed by atoms with Crippen molar-refractivity contribution in [3.05, 3.63) is 29.8 Å². The predicted molar refractivity (Wildman–Crippen MR) is 74.4 cm³/mol. The Kier molecular flexibility index (Phi) is 5.49. The fourth-order valence-electron chi connectivity index (χ4n) is 2.23. The van der Waals surface area contributed by atoms with Gasteiger partial charge in [-0.1, -0.05) is 19.1 Å². The maximum atomic E-state index is 11.6. The number of carbonyl (C=O) groups is 1. The molecule has 0 radical (unpaired) electrons. The Labute approximate surface area is 109 Å². The second-order valence-corrected chi connectivity index (χ2v) is 4.37. The molecular weight excluding hydrogens is 234 g/mol. The molecule has 17 heavy (non-hydrogen) atoms. The highest BCUT2D eigenvalue weighted by Crippen LogP contribution is 2.21. The summed E-state index contributed by atoms with van der Waals surface area (Å²) in [7, 11) is 0. The molecule has 1 aromatic carbocycles. The van der Waals surface area contributed by atoms with Crippen LogP contribution >= 0.6 is 12.4 Å². The number of Topliss-reactive ketones (excluding diaryl/α,β-unsaturated/α-hetero) is 1. The third kappa shape index (κ3) is 3.47. The number of halogens is 1. The lowest BCUT2D eigenvalue weighted by Gasteiger charge is -2.29. The first kappa shape index (κ1) is 14.0. The number of rotatable bonds is 3. The summed E-state index contributed by atoms with van der Waals surface area (Å²) in [5.74, 6) is 0.235. The fraction of sp³-hybridized carbons (Fsp3) is 0.500. The smallest absolute Gasteiger partial charge is 0.162 e. The van der Waals surface area contributed by atoms with Crippen molar-refractivity contribution < 1.29 is 4.79 Å². The molecule has 1 saturated heterocycles. The Bertz CT molecular complexity index is 372. The molecule has 94 valence electrons. The van der Waals surface area contributed by atoms with Crippen molar-refractivity contribution in [1.29, 1.82) is 0 Å². The molecular formula is C14H20ClNO. The van der Waals surface area contributed by atoms with Gasteiger partial charge in [0.05, 0.1) is 0 Å². The maximum absolute atomic E-state index is 11.6. The number of piperidine rings is 1. The summed E-state index contributed by atoms with van der Waals surface area (Å²) in [5, 5.41) is 0. The van der Waals surface area contributed by atoms with Gasteiger partial charge >= 0.3 is 0 Å². The van der Waals surface area contributed by atoms with E-state index in [1.165, 1.54) is 24.9 Å². The summed E-state index contributed by atoms with van der Waals surface area (Å²) >= 11 is 0. The average Bonchev–Trinajstić information content (AvgIpc) is 2.39. The molecule has 0 saturated carbocycles. The Hall–Kier alpha value is -1.02. The van der Waals surface area contributed by atoms with E-state index in [1.54, 1.807) is 0 Å². The first-order chi connectivity index (χ1) is 7.81. The molecule has 1 fully saturated rings. The number of hydrogen-bond acceptors (Lipinski definition) is 2. The van der Waals surface area contributed by atoms with E-state index in [-0.39, 0.29) is 18.2 Å². The van der Waals surface area contributed by atoms with Gasteiger partial charge in [0, 0.05) is 30.8 Å². The molecule has 1 aromatic rings. The van der Waals surface area contributed by atoms with E-state index >= 15 is 0 Å². The first-order valence-electron chi connectivity index (χ1n) is 6.19. The van der Waals surface area contributed by atoms with E-state index in [0.717, 1.165) is 18.7 Å². The minimum absolute atomic E-state index is 0. The largest absolute Gasteiger partial charge is 0.372 e. The zero-order valence-corrected chi connectivity index (χ0v) is 11.1. The zero-order chi connectivity index (χ0) is 11.4. The van der Waals surface area contributed by atoms with Gasteiger partial charge in [-0.2, -0.15) is 0 Å². The molecule has 2 rings (SSSR count). The molecule has 1 aliphatic heterocycles. The van der Waals surface area contributed by atoms with E-state index in [4.69, 9.17) is 0 Å². The van der Waals surface area contributed by atoms with E-state index in [1.807, 2.05) is 25.1 Å². The third-order valence-electron chi connectivity index (χ3n) is 3.21. The Morgan fingerprint density at radius 3 is 2.59 bits per heavy atom. The second-order valence-electron chi connectivity index (χ2n) is 4.37. The van der Waals surface area contributed by atoms with Gasteiger partial charge in [-0.05, 0) is 31.4 Å². The standard InChI is InChI=1S/C14H19NO.ClH/c1-2-14(16)12-7-6-8-13(11-12)15-9-4-3-5-10-15;/h6-8,11H,2-5,9-10H2,1H3;1H. The maximum Gasteiger partial charge on any atom is 0.162 e. The predicted octanol–water partition coefficient (Wildman–Crippen LogP) is 3.69. The number of benzene rings is 1. The third-order valence-corrected chi connectivity index (χ3v) is 3.21. The zero-order valence-electron chi connectivity index (χ0n) is 10.3. The van der Waals surface area contributed by atoms with Gasteiger partial charge in [0.2, 0.25) is 0 Å². The Morgan fingerprint density at radius 1 is 1.24 bits per heavy atom. The number of anilines is 1. The summed E-state index contributed by atoms with van der Waals surface area (Å²) in [6.07, 6.45) is 4.46. The molecule has 2 nitrogen and oxygen atoms in total. The van der Waals surface area contributed by atoms with Crippen LogP contribution in [-0.4, -0.2) is 18.9 Å². The Morgan fingerprint density at radius 2 is 1.94 bits per heavy atom. The molecule has 0 aliphatic carbocycles. The van der Waals surface area contributed by atoms with Crippen LogP contribution in [0.1, 0.15) is 43.0 Å². The highest BCUT2D eigenvalue weighted by Gasteiger charge is 2.12. The van der Waals surface area contributed by atoms with Crippen LogP contribution in [0.4, 0.5) is 5.69 Å². The summed E-state index contributed by atoms with van der Waals surface area (Å²) < 4.78 is 0. The Balaban J connectivity index is 0.00000144. The highest BCUT2D eigenvalue weighted by atomic mass is 35.5. The lowest BCUT2D eigenvalue weighted by Crippen LogP contribution is -2.29. The minimum Gasteiger partial charge on any atom is -0.372 e. The molecule has 3 heteroatoms. The molecule has 0 atom stereocenters. The number of carbonyl (C=O) groups excluding carboxylic acids is 1. The van der Waals surface area contributed by atoms with E-state index in [9.17, 15) is 4.79 Å². The van der Waals surface area contributed by atoms with Gasteiger partial charge in [0.1, 0.15) is 0 Å². The topological polar surface area (TPSA) is 20.3 Å². The summed E-state index contributed by atoms with van der Waals surface area (Å²) in [6.45, 7) is 4.17. The monoisotopic (exact) mass is 253 g/mol. The van der Waals surface area contributed by atoms with Gasteiger partial charge in [-0.25, -0.2) is 0 Å². The minimum atomic E-state index is 0. The highest BCUT2D eigenvalue weighted by molar-refractivity contribution is 5.96. The van der Waals surface area contributed by atoms with Crippen molar-refractivity contribution in [2.45, 2.75) is 32.6 Å². The van der Waals surface area contributed by atoms with E-state index in [0.29, 0.717) is 6.42 Å². The van der Waals surface area contributed by atoms with Gasteiger partial charge < -0.3 is 4.90 Å². The van der Waals surface area contributed by atoms with Crippen molar-refractivity contribution in [3.63, 3.8) is 0 Å². The molecule has 0 N–H and O–H groups in total. The molecule has 0 unspecified atom stereocenters. The average molecular weight is 254 g/mol. The van der Waals surface area contributed by atoms with Crippen LogP contribution in [0, 0.1) is 0 Å². The number of hydrogen-bond donors (Lipinski definition) is 0. The summed E-state index contributed by atoms with van der Waals surface area (Å²) in [6, 6.07) is 8.06. The normalized spacial score (nSPS) is 15.2. The van der Waals surface area contributed by atoms with Crippen LogP contribution in [0.3, 0.4) is 0 Å².